The number of benzene rings is 1. The molecule has 304 valence electrons. The normalized spacial score (nSPS) is 14.6. The van der Waals surface area contributed by atoms with Crippen LogP contribution in [0.1, 0.15) is 100 Å². The zero-order valence-corrected chi connectivity index (χ0v) is 36.5. The van der Waals surface area contributed by atoms with Crippen LogP contribution in [0.4, 0.5) is 4.79 Å². The number of hydrogen-bond acceptors (Lipinski definition) is 6. The second-order valence-electron chi connectivity index (χ2n) is 13.0. The third kappa shape index (κ3) is 25.7. The molecule has 10 nitrogen and oxygen atoms in total. The number of carbonyl (C=O) groups excluding carboxylic acids is 4. The van der Waals surface area contributed by atoms with Gasteiger partial charge < -0.3 is 20.3 Å². The van der Waals surface area contributed by atoms with E-state index in [1.807, 2.05) is 76.8 Å². The second-order valence-corrected chi connectivity index (χ2v) is 16.7. The molecule has 0 spiro atoms. The van der Waals surface area contributed by atoms with Crippen LogP contribution >= 0.6 is 7.92 Å². The minimum atomic E-state index is -1.60. The van der Waals surface area contributed by atoms with Crippen molar-refractivity contribution in [2.24, 2.45) is 5.92 Å². The van der Waals surface area contributed by atoms with Gasteiger partial charge in [-0.15, -0.1) is 25.7 Å². The molecule has 2 fully saturated rings. The lowest BCUT2D eigenvalue weighted by Crippen LogP contribution is -2.45. The quantitative estimate of drug-likeness (QED) is 0.0896. The molecule has 3 N–H and O–H groups in total. The van der Waals surface area contributed by atoms with Gasteiger partial charge in [-0.2, -0.15) is 0 Å². The maximum Gasteiger partial charge on any atom is 0.408 e. The smallest absolute Gasteiger partial charge is 0.408 e. The van der Waals surface area contributed by atoms with Crippen LogP contribution in [-0.4, -0.2) is 75.9 Å². The lowest BCUT2D eigenvalue weighted by Gasteiger charge is -2.23. The molecule has 0 bridgehead atoms. The van der Waals surface area contributed by atoms with Crippen LogP contribution in [0.3, 0.4) is 0 Å². The van der Waals surface area contributed by atoms with Gasteiger partial charge in [0.15, 0.2) is 0 Å². The maximum absolute atomic E-state index is 12.8. The van der Waals surface area contributed by atoms with Crippen LogP contribution in [0.15, 0.2) is 61.5 Å². The number of amides is 4. The van der Waals surface area contributed by atoms with Crippen molar-refractivity contribution in [3.63, 3.8) is 0 Å². The summed E-state index contributed by atoms with van der Waals surface area (Å²) in [6.07, 6.45) is 23.5. The molecular formula is C42H69N4O6PS. The summed E-state index contributed by atoms with van der Waals surface area (Å²) >= 11 is 0. The lowest BCUT2D eigenvalue weighted by atomic mass is 10.0. The maximum atomic E-state index is 12.8. The Labute approximate surface area is 332 Å². The molecule has 54 heavy (non-hydrogen) atoms. The number of allylic oxidation sites excluding steroid dienone is 2. The first-order chi connectivity index (χ1) is 25.5. The van der Waals surface area contributed by atoms with Crippen LogP contribution in [-0.2, 0) is 30.1 Å². The van der Waals surface area contributed by atoms with Gasteiger partial charge in [-0.25, -0.2) is 9.00 Å². The first-order valence-electron chi connectivity index (χ1n) is 18.0. The fraction of sp³-hybridized carbons (Fsp3) is 0.524. The van der Waals surface area contributed by atoms with Gasteiger partial charge in [0.2, 0.25) is 12.3 Å². The Kier molecular flexibility index (Phi) is 35.0. The van der Waals surface area contributed by atoms with Crippen molar-refractivity contribution in [3.8, 4) is 25.7 Å². The highest BCUT2D eigenvalue weighted by Crippen LogP contribution is 2.50. The summed E-state index contributed by atoms with van der Waals surface area (Å²) in [5, 5.41) is 4.94. The Balaban J connectivity index is -0.000000358. The fourth-order valence-corrected chi connectivity index (χ4v) is 6.29. The number of ether oxygens (including phenoxy) is 1. The van der Waals surface area contributed by atoms with Gasteiger partial charge in [0, 0.05) is 13.1 Å². The molecule has 3 atom stereocenters. The Morgan fingerprint density at radius 2 is 1.46 bits per heavy atom. The highest BCUT2D eigenvalue weighted by atomic mass is 32.2. The van der Waals surface area contributed by atoms with E-state index >= 15 is 0 Å². The van der Waals surface area contributed by atoms with Crippen LogP contribution in [0, 0.1) is 31.6 Å². The predicted molar refractivity (Wildman–Crippen MR) is 232 cm³/mol. The predicted octanol–water partition coefficient (Wildman–Crippen LogP) is 8.24. The Morgan fingerprint density at radius 1 is 1.00 bits per heavy atom. The van der Waals surface area contributed by atoms with Gasteiger partial charge in [0.05, 0.1) is 4.75 Å². The molecule has 1 saturated heterocycles. The van der Waals surface area contributed by atoms with Crippen LogP contribution < -0.4 is 15.4 Å². The molecule has 0 aromatic heterocycles. The number of rotatable bonds is 11. The largest absolute Gasteiger partial charge is 0.444 e. The Hall–Kier alpha value is -4.18. The molecule has 3 unspecified atom stereocenters. The van der Waals surface area contributed by atoms with Crippen molar-refractivity contribution in [1.29, 1.82) is 0 Å². The summed E-state index contributed by atoms with van der Waals surface area (Å²) < 4.78 is 19.7. The summed E-state index contributed by atoms with van der Waals surface area (Å²) in [5.74, 6) is 1.23. The fourth-order valence-electron chi connectivity index (χ4n) is 3.95. The molecule has 12 heteroatoms. The van der Waals surface area contributed by atoms with E-state index < -0.39 is 47.0 Å². The minimum Gasteiger partial charge on any atom is -0.444 e. The van der Waals surface area contributed by atoms with Crippen molar-refractivity contribution in [2.75, 3.05) is 26.3 Å². The molecule has 1 saturated carbocycles. The van der Waals surface area contributed by atoms with Crippen molar-refractivity contribution in [2.45, 2.75) is 111 Å². The number of nitrogens with one attached hydrogen (secondary N) is 3. The molecule has 1 aromatic rings. The van der Waals surface area contributed by atoms with Crippen molar-refractivity contribution >= 4 is 48.8 Å². The van der Waals surface area contributed by atoms with Crippen LogP contribution in [0.2, 0.25) is 0 Å². The molecule has 3 rings (SSSR count). The molecular weight excluding hydrogens is 720 g/mol. The van der Waals surface area contributed by atoms with Gasteiger partial charge in [-0.3, -0.25) is 19.1 Å². The average Bonchev–Trinajstić information content (AvgIpc) is 3.79. The standard InChI is InChI=1S/C17H21N2O3PS.C11H20N2O3.C4H10.C4H8.C2H6.2C2H2/c1-4-23(3)16(18-12-20)15(21)19-24(22)17(10-11-17)13(2)14-8-6-5-7-9-14;1-11(2,3)16-10(15)12-8-9(14)13-6-4-5-7-13;1-4(2)3;1-3-4-2;3*1-2/h4-9,12,16H,1-2,10-11H2,3H3,(H,18,20)(H,19,21);4-8H2,1-3H3,(H,12,15);4H,1-3H3;3-4H,1-2H3;1-2H3;2*1-2H/b;;;4-3-;;;. The highest BCUT2D eigenvalue weighted by Gasteiger charge is 2.52. The molecule has 2 aliphatic rings. The van der Waals surface area contributed by atoms with E-state index in [9.17, 15) is 23.4 Å². The zero-order chi connectivity index (χ0) is 42.9. The topological polar surface area (TPSA) is 134 Å². The highest BCUT2D eigenvalue weighted by molar-refractivity contribution is 7.86. The lowest BCUT2D eigenvalue weighted by molar-refractivity contribution is -0.129. The van der Waals surface area contributed by atoms with Crippen LogP contribution in [0.5, 0.6) is 0 Å². The first kappa shape index (κ1) is 56.6. The summed E-state index contributed by atoms with van der Waals surface area (Å²) in [4.78, 5) is 47.7. The SMILES string of the molecule is C#C.C#C.C/C=C\C.C=CP(C)C(NC=O)C(=O)NS(=O)C1(C(=C)c2ccccc2)CC1.CC.CC(C)(C)OC(=O)NCC(=O)N1CCCC1.CC(C)C. The molecule has 1 aromatic carbocycles. The zero-order valence-electron chi connectivity index (χ0n) is 34.8. The number of likely N-dealkylation sites (tertiary alicyclic amines) is 1. The van der Waals surface area contributed by atoms with Crippen LogP contribution in [0.25, 0.3) is 5.57 Å². The summed E-state index contributed by atoms with van der Waals surface area (Å²) in [6, 6.07) is 9.54. The number of terminal acetylenes is 2. The van der Waals surface area contributed by atoms with Gasteiger partial charge in [0.25, 0.3) is 5.91 Å². The Morgan fingerprint density at radius 3 is 1.83 bits per heavy atom. The summed E-state index contributed by atoms with van der Waals surface area (Å²) in [6.45, 7) is 31.1. The molecule has 0 radical (unpaired) electrons. The van der Waals surface area contributed by atoms with Crippen molar-refractivity contribution < 1.29 is 28.1 Å². The van der Waals surface area contributed by atoms with Gasteiger partial charge in [-0.1, -0.05) is 104 Å². The monoisotopic (exact) mass is 788 g/mol. The van der Waals surface area contributed by atoms with Crippen molar-refractivity contribution in [3.05, 3.63) is 67.0 Å². The van der Waals surface area contributed by atoms with E-state index in [0.717, 1.165) is 43.0 Å². The van der Waals surface area contributed by atoms with E-state index in [-0.39, 0.29) is 12.5 Å². The number of carbonyl (C=O) groups is 4. The molecule has 4 amide bonds. The van der Waals surface area contributed by atoms with Gasteiger partial charge in [0.1, 0.15) is 28.9 Å². The average molecular weight is 789 g/mol. The number of hydrogen-bond donors (Lipinski definition) is 3. The van der Waals surface area contributed by atoms with E-state index in [0.29, 0.717) is 19.3 Å². The second kappa shape index (κ2) is 33.4. The molecule has 1 aliphatic carbocycles. The van der Waals surface area contributed by atoms with E-state index in [1.165, 1.54) is 0 Å². The van der Waals surface area contributed by atoms with E-state index in [4.69, 9.17) is 4.74 Å². The van der Waals surface area contributed by atoms with E-state index in [1.54, 1.807) is 31.5 Å². The number of nitrogens with zero attached hydrogens (tertiary/aromatic N) is 1. The first-order valence-corrected chi connectivity index (χ1v) is 21.1. The third-order valence-electron chi connectivity index (χ3n) is 6.67. The third-order valence-corrected chi connectivity index (χ3v) is 10.2. The van der Waals surface area contributed by atoms with Crippen molar-refractivity contribution in [1.82, 2.24) is 20.3 Å². The summed E-state index contributed by atoms with van der Waals surface area (Å²) in [7, 11) is -2.54. The number of alkyl carbamates (subject to hydrolysis) is 1. The minimum absolute atomic E-state index is 0.0227. The van der Waals surface area contributed by atoms with Gasteiger partial charge in [-0.05, 0) is 84.0 Å². The van der Waals surface area contributed by atoms with Gasteiger partial charge >= 0.3 is 6.09 Å². The van der Waals surface area contributed by atoms with E-state index in [2.05, 4.69) is 75.0 Å². The molecule has 1 aliphatic heterocycles. The molecule has 1 heterocycles. The Bertz CT molecular complexity index is 1300. The summed E-state index contributed by atoms with van der Waals surface area (Å²) in [5.41, 5.74) is 1.16.